The second-order valence-electron chi connectivity index (χ2n) is 10.8. The summed E-state index contributed by atoms with van der Waals surface area (Å²) in [5.74, 6) is 0.798. The average molecular weight is 515 g/mol. The van der Waals surface area contributed by atoms with Crippen molar-refractivity contribution in [3.63, 3.8) is 0 Å². The second kappa shape index (κ2) is 8.96. The number of fused-ring (bicyclic) bond motifs is 3. The maximum absolute atomic E-state index is 13.9. The molecular formula is C29H30N4O3S. The van der Waals surface area contributed by atoms with Gasteiger partial charge in [-0.15, -0.1) is 11.3 Å². The van der Waals surface area contributed by atoms with Gasteiger partial charge in [0, 0.05) is 41.5 Å². The van der Waals surface area contributed by atoms with E-state index in [4.69, 9.17) is 9.72 Å². The second-order valence-corrected chi connectivity index (χ2v) is 11.8. The Labute approximate surface area is 220 Å². The molecular weight excluding hydrogens is 484 g/mol. The molecule has 3 fully saturated rings. The van der Waals surface area contributed by atoms with Gasteiger partial charge in [0.1, 0.15) is 11.5 Å². The van der Waals surface area contributed by atoms with Crippen LogP contribution in [0.5, 0.6) is 0 Å². The van der Waals surface area contributed by atoms with Crippen molar-refractivity contribution in [3.8, 4) is 10.4 Å². The minimum Gasteiger partial charge on any atom is -0.380 e. The van der Waals surface area contributed by atoms with E-state index in [-0.39, 0.29) is 11.8 Å². The number of hydrogen-bond acceptors (Lipinski definition) is 6. The van der Waals surface area contributed by atoms with Gasteiger partial charge in [-0.1, -0.05) is 24.3 Å². The summed E-state index contributed by atoms with van der Waals surface area (Å²) in [6, 6.07) is 16.1. The normalized spacial score (nSPS) is 20.0. The van der Waals surface area contributed by atoms with Gasteiger partial charge < -0.3 is 19.9 Å². The van der Waals surface area contributed by atoms with Crippen LogP contribution in [0.2, 0.25) is 0 Å². The number of carbonyl (C=O) groups is 2. The lowest BCUT2D eigenvalue weighted by molar-refractivity contribution is -0.124. The third kappa shape index (κ3) is 4.22. The number of anilines is 2. The molecule has 1 aromatic carbocycles. The average Bonchev–Trinajstić information content (AvgIpc) is 3.66. The number of ether oxygens (including phenoxy) is 1. The van der Waals surface area contributed by atoms with Crippen LogP contribution in [0.25, 0.3) is 10.4 Å². The van der Waals surface area contributed by atoms with Crippen LogP contribution in [0.4, 0.5) is 11.5 Å². The van der Waals surface area contributed by atoms with Crippen LogP contribution in [0.1, 0.15) is 51.4 Å². The van der Waals surface area contributed by atoms with Crippen LogP contribution in [0.3, 0.4) is 0 Å². The molecule has 3 aromatic rings. The number of nitrogens with one attached hydrogen (secondary N) is 1. The van der Waals surface area contributed by atoms with Gasteiger partial charge >= 0.3 is 0 Å². The standard InChI is InChI=1S/C29H30N4O3S/c34-27(30-20-8-9-20)24-16-19-10-13-33(23-6-2-1-4-21(23)26(19)37-24)28(35)22-5-3-7-25(31-22)32-14-11-29(12-15-32)17-36-18-29/h1-7,16,20H,8-15,17-18H2,(H,30,34). The zero-order valence-corrected chi connectivity index (χ0v) is 21.6. The molecule has 0 unspecified atom stereocenters. The number of piperidine rings is 1. The number of nitrogens with zero attached hydrogens (tertiary/aromatic N) is 3. The number of benzene rings is 1. The van der Waals surface area contributed by atoms with Crippen molar-refractivity contribution in [2.45, 2.75) is 38.1 Å². The summed E-state index contributed by atoms with van der Waals surface area (Å²) in [7, 11) is 0. The Balaban J connectivity index is 1.15. The van der Waals surface area contributed by atoms with Gasteiger partial charge in [-0.05, 0) is 61.9 Å². The van der Waals surface area contributed by atoms with Gasteiger partial charge in [0.25, 0.3) is 11.8 Å². The molecule has 2 saturated heterocycles. The van der Waals surface area contributed by atoms with Gasteiger partial charge in [0.2, 0.25) is 0 Å². The molecule has 8 heteroatoms. The summed E-state index contributed by atoms with van der Waals surface area (Å²) in [4.78, 5) is 37.4. The first-order valence-electron chi connectivity index (χ1n) is 13.2. The highest BCUT2D eigenvalue weighted by molar-refractivity contribution is 7.17. The van der Waals surface area contributed by atoms with Crippen molar-refractivity contribution < 1.29 is 14.3 Å². The molecule has 37 heavy (non-hydrogen) atoms. The van der Waals surface area contributed by atoms with Crippen LogP contribution in [-0.4, -0.2) is 55.7 Å². The molecule has 1 aliphatic carbocycles. The zero-order valence-electron chi connectivity index (χ0n) is 20.7. The summed E-state index contributed by atoms with van der Waals surface area (Å²) in [5.41, 5.74) is 3.82. The molecule has 3 aliphatic heterocycles. The van der Waals surface area contributed by atoms with E-state index in [0.29, 0.717) is 30.1 Å². The number of hydrogen-bond donors (Lipinski definition) is 1. The molecule has 2 aromatic heterocycles. The highest BCUT2D eigenvalue weighted by Crippen LogP contribution is 2.42. The lowest BCUT2D eigenvalue weighted by Gasteiger charge is -2.47. The summed E-state index contributed by atoms with van der Waals surface area (Å²) >= 11 is 1.53. The molecule has 4 aliphatic rings. The molecule has 1 spiro atoms. The van der Waals surface area contributed by atoms with Gasteiger partial charge in [-0.25, -0.2) is 4.98 Å². The highest BCUT2D eigenvalue weighted by atomic mass is 32.1. The Bertz CT molecular complexity index is 1370. The first-order chi connectivity index (χ1) is 18.1. The minimum atomic E-state index is -0.0861. The molecule has 190 valence electrons. The van der Waals surface area contributed by atoms with Crippen molar-refractivity contribution in [2.24, 2.45) is 5.41 Å². The largest absolute Gasteiger partial charge is 0.380 e. The molecule has 0 bridgehead atoms. The number of carbonyl (C=O) groups excluding carboxylic acids is 2. The SMILES string of the molecule is O=C(NC1CC1)c1cc2c(s1)-c1ccccc1N(C(=O)c1cccc(N3CCC4(CC3)COC4)n1)CC2. The Morgan fingerprint density at radius 2 is 1.84 bits per heavy atom. The third-order valence-corrected chi connectivity index (χ3v) is 9.36. The Hall–Kier alpha value is -3.23. The number of amides is 2. The van der Waals surface area contributed by atoms with Gasteiger partial charge in [-0.2, -0.15) is 0 Å². The van der Waals surface area contributed by atoms with Crippen molar-refractivity contribution in [1.29, 1.82) is 0 Å². The Morgan fingerprint density at radius 1 is 1.03 bits per heavy atom. The molecule has 5 heterocycles. The fourth-order valence-corrected chi connectivity index (χ4v) is 6.80. The molecule has 7 nitrogen and oxygen atoms in total. The van der Waals surface area contributed by atoms with Crippen LogP contribution in [0, 0.1) is 5.41 Å². The monoisotopic (exact) mass is 514 g/mol. The number of pyridine rings is 1. The number of rotatable bonds is 4. The Morgan fingerprint density at radius 3 is 2.59 bits per heavy atom. The summed E-state index contributed by atoms with van der Waals surface area (Å²) in [5, 5.41) is 3.10. The van der Waals surface area contributed by atoms with E-state index in [1.54, 1.807) is 0 Å². The van der Waals surface area contributed by atoms with Crippen molar-refractivity contribution >= 4 is 34.7 Å². The summed E-state index contributed by atoms with van der Waals surface area (Å²) < 4.78 is 5.46. The van der Waals surface area contributed by atoms with Crippen LogP contribution in [-0.2, 0) is 11.2 Å². The first-order valence-corrected chi connectivity index (χ1v) is 14.0. The zero-order chi connectivity index (χ0) is 25.0. The van der Waals surface area contributed by atoms with Crippen LogP contribution >= 0.6 is 11.3 Å². The van der Waals surface area contributed by atoms with Crippen molar-refractivity contribution in [2.75, 3.05) is 42.6 Å². The van der Waals surface area contributed by atoms with Gasteiger partial charge in [0.05, 0.1) is 23.8 Å². The van der Waals surface area contributed by atoms with Gasteiger partial charge in [0.15, 0.2) is 0 Å². The van der Waals surface area contributed by atoms with Gasteiger partial charge in [-0.3, -0.25) is 9.59 Å². The van der Waals surface area contributed by atoms with Crippen LogP contribution < -0.4 is 15.1 Å². The number of aromatic nitrogens is 1. The summed E-state index contributed by atoms with van der Waals surface area (Å²) in [6.45, 7) is 4.18. The number of thiophene rings is 1. The third-order valence-electron chi connectivity index (χ3n) is 8.15. The van der Waals surface area contributed by atoms with E-state index >= 15 is 0 Å². The van der Waals surface area contributed by atoms with E-state index in [1.165, 1.54) is 11.3 Å². The van der Waals surface area contributed by atoms with Crippen molar-refractivity contribution in [3.05, 3.63) is 64.7 Å². The lowest BCUT2D eigenvalue weighted by atomic mass is 9.77. The molecule has 1 saturated carbocycles. The molecule has 2 amide bonds. The minimum absolute atomic E-state index is 0.0143. The predicted molar refractivity (Wildman–Crippen MR) is 145 cm³/mol. The first kappa shape index (κ1) is 22.9. The number of para-hydroxylation sites is 1. The fourth-order valence-electron chi connectivity index (χ4n) is 5.65. The highest BCUT2D eigenvalue weighted by Gasteiger charge is 2.41. The quantitative estimate of drug-likeness (QED) is 0.554. The van der Waals surface area contributed by atoms with Crippen LogP contribution in [0.15, 0.2) is 48.5 Å². The molecule has 0 radical (unpaired) electrons. The van der Waals surface area contributed by atoms with E-state index in [0.717, 1.165) is 84.4 Å². The molecule has 1 N–H and O–H groups in total. The Kier molecular flexibility index (Phi) is 5.55. The van der Waals surface area contributed by atoms with Crippen molar-refractivity contribution in [1.82, 2.24) is 10.3 Å². The fraction of sp³-hybridized carbons (Fsp3) is 0.414. The van der Waals surface area contributed by atoms with E-state index in [1.807, 2.05) is 47.4 Å². The predicted octanol–water partition coefficient (Wildman–Crippen LogP) is 4.52. The topological polar surface area (TPSA) is 74.8 Å². The molecule has 7 rings (SSSR count). The van der Waals surface area contributed by atoms with E-state index in [9.17, 15) is 9.59 Å². The van der Waals surface area contributed by atoms with E-state index < -0.39 is 0 Å². The maximum Gasteiger partial charge on any atom is 0.276 e. The summed E-state index contributed by atoms with van der Waals surface area (Å²) in [6.07, 6.45) is 5.04. The van der Waals surface area contributed by atoms with E-state index in [2.05, 4.69) is 16.3 Å². The molecule has 0 atom stereocenters. The smallest absolute Gasteiger partial charge is 0.276 e. The maximum atomic E-state index is 13.9. The lowest BCUT2D eigenvalue weighted by Crippen LogP contribution is -2.51.